The molecule has 0 amide bonds. The Hall–Kier alpha value is -1.78. The Morgan fingerprint density at radius 2 is 2.00 bits per heavy atom. The lowest BCUT2D eigenvalue weighted by Crippen LogP contribution is -2.00. The minimum atomic E-state index is 0.469. The van der Waals surface area contributed by atoms with Gasteiger partial charge in [0.05, 0.1) is 5.69 Å². The largest absolute Gasteiger partial charge is 0.394 e. The number of nitrogens with zero attached hydrogens (tertiary/aromatic N) is 3. The lowest BCUT2D eigenvalue weighted by molar-refractivity contribution is 0.879. The van der Waals surface area contributed by atoms with Crippen LogP contribution in [0.5, 0.6) is 0 Å². The molecule has 0 aliphatic rings. The minimum Gasteiger partial charge on any atom is -0.394 e. The smallest absolute Gasteiger partial charge is 0.180 e. The summed E-state index contributed by atoms with van der Waals surface area (Å²) in [5.41, 5.74) is 14.3. The summed E-state index contributed by atoms with van der Waals surface area (Å²) in [5, 5.41) is 4.23. The van der Waals surface area contributed by atoms with Crippen molar-refractivity contribution < 1.29 is 0 Å². The topological polar surface area (TPSA) is 82.2 Å². The van der Waals surface area contributed by atoms with Crippen LogP contribution in [-0.2, 0) is 0 Å². The van der Waals surface area contributed by atoms with Crippen molar-refractivity contribution in [3.05, 3.63) is 17.5 Å². The quantitative estimate of drug-likeness (QED) is 0.614. The van der Waals surface area contributed by atoms with Gasteiger partial charge in [-0.3, -0.25) is 0 Å². The fraction of sp³-hybridized carbons (Fsp3) is 0.250. The van der Waals surface area contributed by atoms with Crippen LogP contribution in [0.2, 0.25) is 0 Å². The third-order valence-corrected chi connectivity index (χ3v) is 2.01. The van der Waals surface area contributed by atoms with E-state index in [1.54, 1.807) is 10.6 Å². The fourth-order valence-corrected chi connectivity index (χ4v) is 1.31. The Morgan fingerprint density at radius 3 is 2.69 bits per heavy atom. The lowest BCUT2D eigenvalue weighted by atomic mass is 10.4. The summed E-state index contributed by atoms with van der Waals surface area (Å²) in [5.74, 6) is 0.469. The number of anilines is 2. The number of rotatable bonds is 0. The van der Waals surface area contributed by atoms with Gasteiger partial charge in [0, 0.05) is 11.8 Å². The van der Waals surface area contributed by atoms with E-state index in [-0.39, 0.29) is 0 Å². The normalized spacial score (nSPS) is 10.9. The molecule has 5 nitrogen and oxygen atoms in total. The van der Waals surface area contributed by atoms with Gasteiger partial charge in [0.25, 0.3) is 0 Å². The van der Waals surface area contributed by atoms with Gasteiger partial charge in [-0.05, 0) is 13.8 Å². The van der Waals surface area contributed by atoms with Gasteiger partial charge in [0.1, 0.15) is 11.5 Å². The molecule has 2 heterocycles. The number of nitrogens with two attached hydrogens (primary N) is 2. The lowest BCUT2D eigenvalue weighted by Gasteiger charge is -1.99. The second-order valence-electron chi connectivity index (χ2n) is 3.06. The first kappa shape index (κ1) is 7.85. The molecular formula is C8H11N5. The first-order valence-electron chi connectivity index (χ1n) is 3.97. The summed E-state index contributed by atoms with van der Waals surface area (Å²) in [6.45, 7) is 3.76. The van der Waals surface area contributed by atoms with Gasteiger partial charge in [0.15, 0.2) is 5.65 Å². The van der Waals surface area contributed by atoms with Crippen molar-refractivity contribution >= 4 is 17.2 Å². The molecule has 0 fully saturated rings. The van der Waals surface area contributed by atoms with E-state index in [2.05, 4.69) is 10.1 Å². The predicted octanol–water partition coefficient (Wildman–Crippen LogP) is 0.511. The molecule has 0 saturated carbocycles. The Bertz CT molecular complexity index is 471. The number of hydrogen-bond acceptors (Lipinski definition) is 4. The zero-order valence-corrected chi connectivity index (χ0v) is 7.57. The van der Waals surface area contributed by atoms with E-state index in [4.69, 9.17) is 11.5 Å². The highest BCUT2D eigenvalue weighted by Crippen LogP contribution is 2.18. The molecule has 68 valence electrons. The zero-order chi connectivity index (χ0) is 9.59. The molecule has 2 aromatic rings. The van der Waals surface area contributed by atoms with Crippen molar-refractivity contribution in [1.29, 1.82) is 0 Å². The third kappa shape index (κ3) is 1.00. The van der Waals surface area contributed by atoms with Crippen LogP contribution in [0.4, 0.5) is 11.5 Å². The van der Waals surface area contributed by atoms with Crippen LogP contribution in [0.15, 0.2) is 6.07 Å². The Morgan fingerprint density at radius 1 is 1.31 bits per heavy atom. The number of aromatic nitrogens is 3. The first-order valence-corrected chi connectivity index (χ1v) is 3.97. The average molecular weight is 177 g/mol. The van der Waals surface area contributed by atoms with E-state index in [9.17, 15) is 0 Å². The highest BCUT2D eigenvalue weighted by atomic mass is 15.3. The fourth-order valence-electron chi connectivity index (χ4n) is 1.31. The molecule has 5 heteroatoms. The van der Waals surface area contributed by atoms with Crippen LogP contribution in [0.3, 0.4) is 0 Å². The van der Waals surface area contributed by atoms with E-state index in [1.165, 1.54) is 0 Å². The number of fused-ring (bicyclic) bond motifs is 1. The van der Waals surface area contributed by atoms with Crippen molar-refractivity contribution in [2.45, 2.75) is 13.8 Å². The van der Waals surface area contributed by atoms with E-state index >= 15 is 0 Å². The third-order valence-electron chi connectivity index (χ3n) is 2.01. The van der Waals surface area contributed by atoms with Gasteiger partial charge in [-0.25, -0.2) is 9.50 Å². The van der Waals surface area contributed by atoms with Gasteiger partial charge in [-0.2, -0.15) is 5.10 Å². The highest BCUT2D eigenvalue weighted by Gasteiger charge is 2.08. The molecule has 0 aromatic carbocycles. The van der Waals surface area contributed by atoms with Crippen molar-refractivity contribution in [2.24, 2.45) is 0 Å². The van der Waals surface area contributed by atoms with Crippen LogP contribution < -0.4 is 11.5 Å². The van der Waals surface area contributed by atoms with E-state index < -0.39 is 0 Å². The van der Waals surface area contributed by atoms with Gasteiger partial charge < -0.3 is 11.5 Å². The first-order chi connectivity index (χ1) is 6.09. The molecule has 2 rings (SSSR count). The second kappa shape index (κ2) is 2.35. The maximum absolute atomic E-state index is 5.77. The molecule has 0 spiro atoms. The van der Waals surface area contributed by atoms with Gasteiger partial charge in [-0.15, -0.1) is 0 Å². The molecule has 0 aliphatic heterocycles. The summed E-state index contributed by atoms with van der Waals surface area (Å²) < 4.78 is 1.70. The maximum atomic E-state index is 5.77. The summed E-state index contributed by atoms with van der Waals surface area (Å²) >= 11 is 0. The van der Waals surface area contributed by atoms with Crippen molar-refractivity contribution in [3.63, 3.8) is 0 Å². The molecule has 0 unspecified atom stereocenters. The molecule has 0 saturated heterocycles. The van der Waals surface area contributed by atoms with Crippen LogP contribution >= 0.6 is 0 Å². The average Bonchev–Trinajstić information content (AvgIpc) is 2.32. The van der Waals surface area contributed by atoms with Gasteiger partial charge >= 0.3 is 0 Å². The monoisotopic (exact) mass is 177 g/mol. The Balaban J connectivity index is 2.94. The SMILES string of the molecule is Cc1nn2c(C)cc(N)nc2c1N. The number of hydrogen-bond donors (Lipinski definition) is 2. The number of aryl methyl sites for hydroxylation is 2. The minimum absolute atomic E-state index is 0.469. The summed E-state index contributed by atoms with van der Waals surface area (Å²) in [6.07, 6.45) is 0. The molecule has 4 N–H and O–H groups in total. The van der Waals surface area contributed by atoms with E-state index in [0.717, 1.165) is 11.4 Å². The summed E-state index contributed by atoms with van der Waals surface area (Å²) in [6, 6.07) is 1.76. The molecule has 2 aromatic heterocycles. The zero-order valence-electron chi connectivity index (χ0n) is 7.57. The summed E-state index contributed by atoms with van der Waals surface area (Å²) in [4.78, 5) is 4.11. The van der Waals surface area contributed by atoms with E-state index in [0.29, 0.717) is 17.2 Å². The second-order valence-corrected chi connectivity index (χ2v) is 3.06. The Labute approximate surface area is 75.4 Å². The van der Waals surface area contributed by atoms with Gasteiger partial charge in [-0.1, -0.05) is 0 Å². The van der Waals surface area contributed by atoms with Crippen LogP contribution in [0.25, 0.3) is 5.65 Å². The van der Waals surface area contributed by atoms with Crippen LogP contribution in [-0.4, -0.2) is 14.6 Å². The molecule has 13 heavy (non-hydrogen) atoms. The Kier molecular flexibility index (Phi) is 1.42. The van der Waals surface area contributed by atoms with Crippen LogP contribution in [0, 0.1) is 13.8 Å². The highest BCUT2D eigenvalue weighted by molar-refractivity contribution is 5.68. The molecule has 0 bridgehead atoms. The predicted molar refractivity (Wildman–Crippen MR) is 51.3 cm³/mol. The van der Waals surface area contributed by atoms with Crippen molar-refractivity contribution in [2.75, 3.05) is 11.5 Å². The summed E-state index contributed by atoms with van der Waals surface area (Å²) in [7, 11) is 0. The van der Waals surface area contributed by atoms with Crippen molar-refractivity contribution in [1.82, 2.24) is 14.6 Å². The molecule has 0 aliphatic carbocycles. The molecular weight excluding hydrogens is 166 g/mol. The van der Waals surface area contributed by atoms with Gasteiger partial charge in [0.2, 0.25) is 0 Å². The van der Waals surface area contributed by atoms with Crippen LogP contribution in [0.1, 0.15) is 11.4 Å². The number of nitrogen functional groups attached to an aromatic ring is 2. The standard InChI is InChI=1S/C8H11N5/c1-4-3-6(9)11-8-7(10)5(2)12-13(4)8/h3H,10H2,1-2H3,(H2,9,11). The van der Waals surface area contributed by atoms with Crippen molar-refractivity contribution in [3.8, 4) is 0 Å². The molecule has 0 radical (unpaired) electrons. The van der Waals surface area contributed by atoms with E-state index in [1.807, 2.05) is 13.8 Å². The maximum Gasteiger partial charge on any atom is 0.180 e. The molecule has 0 atom stereocenters.